The van der Waals surface area contributed by atoms with E-state index in [1.165, 1.54) is 11.3 Å². The lowest BCUT2D eigenvalue weighted by Gasteiger charge is -2.10. The van der Waals surface area contributed by atoms with Crippen LogP contribution in [0.5, 0.6) is 5.75 Å². The van der Waals surface area contributed by atoms with E-state index in [-0.39, 0.29) is 5.82 Å². The number of nitrogens with one attached hydrogen (secondary N) is 1. The van der Waals surface area contributed by atoms with E-state index in [0.717, 1.165) is 29.0 Å². The minimum absolute atomic E-state index is 0.234. The molecule has 0 saturated carbocycles. The van der Waals surface area contributed by atoms with E-state index in [2.05, 4.69) is 15.3 Å². The predicted molar refractivity (Wildman–Crippen MR) is 97.0 cm³/mol. The summed E-state index contributed by atoms with van der Waals surface area (Å²) in [5.41, 5.74) is 1.11. The number of halogens is 3. The third kappa shape index (κ3) is 4.24. The Kier molecular flexibility index (Phi) is 5.31. The molecule has 4 nitrogen and oxygen atoms in total. The number of alkyl halides is 3. The summed E-state index contributed by atoms with van der Waals surface area (Å²) in [6, 6.07) is 9.54. The molecule has 0 aliphatic carbocycles. The van der Waals surface area contributed by atoms with Gasteiger partial charge in [-0.3, -0.25) is 0 Å². The molecule has 0 unspecified atom stereocenters. The summed E-state index contributed by atoms with van der Waals surface area (Å²) in [6.07, 6.45) is -3.03. The highest BCUT2D eigenvalue weighted by Crippen LogP contribution is 2.33. The van der Waals surface area contributed by atoms with Gasteiger partial charge in [0, 0.05) is 11.4 Å². The van der Waals surface area contributed by atoms with E-state index < -0.39 is 12.0 Å². The molecule has 0 aliphatic rings. The molecule has 0 saturated heterocycles. The Hall–Kier alpha value is -2.35. The maximum atomic E-state index is 13.0. The average molecular weight is 381 g/mol. The number of fused-ring (bicyclic) bond motifs is 1. The molecule has 0 amide bonds. The molecule has 8 heteroatoms. The van der Waals surface area contributed by atoms with Gasteiger partial charge in [0.05, 0.1) is 12.5 Å². The Morgan fingerprint density at radius 2 is 2.00 bits per heavy atom. The Bertz CT molecular complexity index is 908. The number of anilines is 1. The largest absolute Gasteiger partial charge is 0.497 e. The van der Waals surface area contributed by atoms with Crippen LogP contribution in [0, 0.1) is 6.92 Å². The monoisotopic (exact) mass is 381 g/mol. The summed E-state index contributed by atoms with van der Waals surface area (Å²) < 4.78 is 44.3. The summed E-state index contributed by atoms with van der Waals surface area (Å²) >= 11 is 1.23. The van der Waals surface area contributed by atoms with Crippen molar-refractivity contribution in [3.8, 4) is 5.75 Å². The van der Waals surface area contributed by atoms with Crippen molar-refractivity contribution in [1.29, 1.82) is 0 Å². The average Bonchev–Trinajstić information content (AvgIpc) is 2.98. The lowest BCUT2D eigenvalue weighted by molar-refractivity contribution is -0.144. The van der Waals surface area contributed by atoms with Crippen LogP contribution < -0.4 is 10.1 Å². The number of nitrogens with zero attached hydrogens (tertiary/aromatic N) is 2. The van der Waals surface area contributed by atoms with E-state index in [1.54, 1.807) is 7.11 Å². The maximum Gasteiger partial charge on any atom is 0.451 e. The van der Waals surface area contributed by atoms with Crippen LogP contribution >= 0.6 is 11.3 Å². The number of methoxy groups -OCH3 is 1. The van der Waals surface area contributed by atoms with Gasteiger partial charge in [0.1, 0.15) is 16.4 Å². The normalized spacial score (nSPS) is 11.7. The molecule has 3 rings (SSSR count). The topological polar surface area (TPSA) is 47.0 Å². The smallest absolute Gasteiger partial charge is 0.451 e. The van der Waals surface area contributed by atoms with Crippen molar-refractivity contribution >= 4 is 27.4 Å². The van der Waals surface area contributed by atoms with E-state index in [0.29, 0.717) is 16.8 Å². The number of thiophene rings is 1. The number of hydrogen-bond acceptors (Lipinski definition) is 5. The van der Waals surface area contributed by atoms with Gasteiger partial charge in [-0.1, -0.05) is 12.1 Å². The highest BCUT2D eigenvalue weighted by atomic mass is 32.1. The standard InChI is InChI=1S/C18H18F3N3OS/c1-11-9-14-15(23-17(18(19,20)21)24-16(14)26-11)22-8-4-6-12-5-3-7-13(10-12)25-2/h3,5,7,9-10H,4,6,8H2,1-2H3,(H,22,23,24). The first kappa shape index (κ1) is 18.4. The molecule has 1 aromatic carbocycles. The van der Waals surface area contributed by atoms with Crippen LogP contribution in [0.25, 0.3) is 10.2 Å². The minimum Gasteiger partial charge on any atom is -0.497 e. The lowest BCUT2D eigenvalue weighted by atomic mass is 10.1. The van der Waals surface area contributed by atoms with Crippen molar-refractivity contribution in [1.82, 2.24) is 9.97 Å². The van der Waals surface area contributed by atoms with Crippen molar-refractivity contribution in [2.45, 2.75) is 25.9 Å². The second-order valence-corrected chi connectivity index (χ2v) is 7.09. The zero-order chi connectivity index (χ0) is 18.7. The fourth-order valence-electron chi connectivity index (χ4n) is 2.63. The van der Waals surface area contributed by atoms with E-state index in [9.17, 15) is 13.2 Å². The molecule has 138 valence electrons. The van der Waals surface area contributed by atoms with Crippen LogP contribution in [0.4, 0.5) is 19.0 Å². The Morgan fingerprint density at radius 3 is 2.73 bits per heavy atom. The molecular formula is C18H18F3N3OS. The fraction of sp³-hybridized carbons (Fsp3) is 0.333. The first-order valence-corrected chi connectivity index (χ1v) is 8.90. The molecule has 0 atom stereocenters. The van der Waals surface area contributed by atoms with Crippen LogP contribution in [0.15, 0.2) is 30.3 Å². The number of benzene rings is 1. The Balaban J connectivity index is 1.71. The van der Waals surface area contributed by atoms with Gasteiger partial charge in [0.25, 0.3) is 0 Å². The third-order valence-electron chi connectivity index (χ3n) is 3.84. The molecule has 26 heavy (non-hydrogen) atoms. The molecule has 2 aromatic heterocycles. The highest BCUT2D eigenvalue weighted by Gasteiger charge is 2.35. The van der Waals surface area contributed by atoms with Crippen molar-refractivity contribution in [3.63, 3.8) is 0 Å². The van der Waals surface area contributed by atoms with Crippen molar-refractivity contribution in [2.75, 3.05) is 19.0 Å². The Morgan fingerprint density at radius 1 is 1.19 bits per heavy atom. The van der Waals surface area contributed by atoms with E-state index >= 15 is 0 Å². The third-order valence-corrected chi connectivity index (χ3v) is 4.78. The summed E-state index contributed by atoms with van der Waals surface area (Å²) in [4.78, 5) is 8.59. The molecule has 0 aliphatic heterocycles. The fourth-order valence-corrected chi connectivity index (χ4v) is 3.51. The molecular weight excluding hydrogens is 363 g/mol. The predicted octanol–water partition coefficient (Wildman–Crippen LogP) is 5.07. The van der Waals surface area contributed by atoms with Gasteiger partial charge in [0.15, 0.2) is 0 Å². The summed E-state index contributed by atoms with van der Waals surface area (Å²) in [5, 5.41) is 3.66. The van der Waals surface area contributed by atoms with Crippen molar-refractivity contribution in [2.24, 2.45) is 0 Å². The second-order valence-electron chi connectivity index (χ2n) is 5.85. The quantitative estimate of drug-likeness (QED) is 0.606. The highest BCUT2D eigenvalue weighted by molar-refractivity contribution is 7.18. The van der Waals surface area contributed by atoms with Gasteiger partial charge < -0.3 is 10.1 Å². The minimum atomic E-state index is -4.57. The molecule has 0 fully saturated rings. The van der Waals surface area contributed by atoms with Crippen LogP contribution in [0.2, 0.25) is 0 Å². The van der Waals surface area contributed by atoms with Crippen LogP contribution in [-0.2, 0) is 12.6 Å². The number of hydrogen-bond donors (Lipinski definition) is 1. The maximum absolute atomic E-state index is 13.0. The zero-order valence-corrected chi connectivity index (χ0v) is 15.2. The van der Waals surface area contributed by atoms with Gasteiger partial charge in [-0.2, -0.15) is 13.2 Å². The molecule has 0 radical (unpaired) electrons. The molecule has 1 N–H and O–H groups in total. The first-order valence-electron chi connectivity index (χ1n) is 8.09. The van der Waals surface area contributed by atoms with Crippen LogP contribution in [0.1, 0.15) is 22.7 Å². The molecule has 0 bridgehead atoms. The van der Waals surface area contributed by atoms with Gasteiger partial charge in [-0.25, -0.2) is 9.97 Å². The lowest BCUT2D eigenvalue weighted by Crippen LogP contribution is -2.13. The van der Waals surface area contributed by atoms with Crippen molar-refractivity contribution < 1.29 is 17.9 Å². The Labute approximate surface area is 153 Å². The number of ether oxygens (including phenoxy) is 1. The number of aryl methyl sites for hydroxylation is 2. The molecule has 2 heterocycles. The SMILES string of the molecule is COc1cccc(CCCNc2nc(C(F)(F)F)nc3sc(C)cc23)c1. The van der Waals surface area contributed by atoms with Crippen LogP contribution in [-0.4, -0.2) is 23.6 Å². The van der Waals surface area contributed by atoms with Gasteiger partial charge >= 0.3 is 6.18 Å². The van der Waals surface area contributed by atoms with Gasteiger partial charge in [-0.05, 0) is 43.5 Å². The van der Waals surface area contributed by atoms with E-state index in [4.69, 9.17) is 4.74 Å². The summed E-state index contributed by atoms with van der Waals surface area (Å²) in [6.45, 7) is 2.35. The number of aromatic nitrogens is 2. The summed E-state index contributed by atoms with van der Waals surface area (Å²) in [5.74, 6) is -0.0870. The van der Waals surface area contributed by atoms with E-state index in [1.807, 2.05) is 37.3 Å². The molecule has 3 aromatic rings. The number of rotatable bonds is 6. The second kappa shape index (κ2) is 7.49. The molecule has 0 spiro atoms. The summed E-state index contributed by atoms with van der Waals surface area (Å²) in [7, 11) is 1.61. The van der Waals surface area contributed by atoms with Crippen molar-refractivity contribution in [3.05, 3.63) is 46.6 Å². The van der Waals surface area contributed by atoms with Gasteiger partial charge in [0.2, 0.25) is 5.82 Å². The van der Waals surface area contributed by atoms with Gasteiger partial charge in [-0.15, -0.1) is 11.3 Å². The zero-order valence-electron chi connectivity index (χ0n) is 14.4. The first-order chi connectivity index (χ1) is 12.4. The van der Waals surface area contributed by atoms with Crippen LogP contribution in [0.3, 0.4) is 0 Å².